The number of fused-ring (bicyclic) bond motifs is 5. The third kappa shape index (κ3) is 2.58. The van der Waals surface area contributed by atoms with Crippen molar-refractivity contribution in [3.63, 3.8) is 0 Å². The van der Waals surface area contributed by atoms with Crippen LogP contribution in [0.2, 0.25) is 0 Å². The summed E-state index contributed by atoms with van der Waals surface area (Å²) in [5.74, 6) is 1.65. The van der Waals surface area contributed by atoms with Crippen LogP contribution in [0.5, 0.6) is 5.75 Å². The molecule has 1 aromatic carbocycles. The lowest BCUT2D eigenvalue weighted by Gasteiger charge is -2.53. The molecule has 3 aliphatic rings. The van der Waals surface area contributed by atoms with Gasteiger partial charge in [-0.15, -0.1) is 11.6 Å². The highest BCUT2D eigenvalue weighted by Gasteiger charge is 2.60. The van der Waals surface area contributed by atoms with Crippen LogP contribution < -0.4 is 0 Å². The molecular formula is C21H27ClO3. The van der Waals surface area contributed by atoms with Crippen molar-refractivity contribution in [2.75, 3.05) is 0 Å². The third-order valence-corrected chi connectivity index (χ3v) is 7.69. The van der Waals surface area contributed by atoms with Crippen molar-refractivity contribution >= 4 is 17.6 Å². The molecule has 0 spiro atoms. The van der Waals surface area contributed by atoms with Gasteiger partial charge in [-0.25, -0.2) is 0 Å². The molecule has 25 heavy (non-hydrogen) atoms. The smallest absolute Gasteiger partial charge is 0.302 e. The minimum absolute atomic E-state index is 0.0171. The highest BCUT2D eigenvalue weighted by molar-refractivity contribution is 6.21. The number of benzene rings is 1. The van der Waals surface area contributed by atoms with Crippen molar-refractivity contribution in [1.82, 2.24) is 0 Å². The number of alkyl halides is 1. The first-order valence-electron chi connectivity index (χ1n) is 9.59. The molecule has 0 heterocycles. The minimum atomic E-state index is -0.170. The first kappa shape index (κ1) is 17.2. The number of carbonyl (C=O) groups is 1. The molecular weight excluding hydrogens is 336 g/mol. The number of phenolic OH excluding ortho intramolecular Hbond substituents is 1. The van der Waals surface area contributed by atoms with Crippen LogP contribution in [0.3, 0.4) is 0 Å². The van der Waals surface area contributed by atoms with E-state index in [1.165, 1.54) is 18.1 Å². The number of hydrogen-bond donors (Lipinski definition) is 1. The molecule has 3 aliphatic carbocycles. The Morgan fingerprint density at radius 1 is 1.36 bits per heavy atom. The highest BCUT2D eigenvalue weighted by atomic mass is 35.5. The van der Waals surface area contributed by atoms with Gasteiger partial charge in [-0.2, -0.15) is 0 Å². The van der Waals surface area contributed by atoms with Crippen molar-refractivity contribution in [1.29, 1.82) is 0 Å². The zero-order chi connectivity index (χ0) is 17.8. The van der Waals surface area contributed by atoms with E-state index in [-0.39, 0.29) is 22.9 Å². The van der Waals surface area contributed by atoms with E-state index in [2.05, 4.69) is 13.0 Å². The molecule has 0 aromatic heterocycles. The van der Waals surface area contributed by atoms with Gasteiger partial charge in [-0.05, 0) is 73.6 Å². The van der Waals surface area contributed by atoms with Crippen LogP contribution in [-0.2, 0) is 16.0 Å². The SMILES string of the molecule is CC[C@]12CC(Cl)[C@@H]3c4ccc(O)cc4CC[C@H]3[C@@H]1CC[C@@H]2OC(C)=O. The molecule has 0 radical (unpaired) electrons. The van der Waals surface area contributed by atoms with Gasteiger partial charge in [0.05, 0.1) is 0 Å². The quantitative estimate of drug-likeness (QED) is 0.608. The van der Waals surface area contributed by atoms with Gasteiger partial charge in [0.2, 0.25) is 0 Å². The summed E-state index contributed by atoms with van der Waals surface area (Å²) >= 11 is 6.99. The normalized spacial score (nSPS) is 39.2. The summed E-state index contributed by atoms with van der Waals surface area (Å²) in [6.07, 6.45) is 6.16. The van der Waals surface area contributed by atoms with Crippen LogP contribution >= 0.6 is 11.6 Å². The topological polar surface area (TPSA) is 46.5 Å². The number of aromatic hydroxyl groups is 1. The van der Waals surface area contributed by atoms with Crippen molar-refractivity contribution in [3.05, 3.63) is 29.3 Å². The van der Waals surface area contributed by atoms with Crippen molar-refractivity contribution < 1.29 is 14.6 Å². The molecule has 1 unspecified atom stereocenters. The van der Waals surface area contributed by atoms with Gasteiger partial charge in [0.1, 0.15) is 11.9 Å². The number of carbonyl (C=O) groups excluding carboxylic acids is 1. The molecule has 6 atom stereocenters. The van der Waals surface area contributed by atoms with E-state index in [0.717, 1.165) is 38.5 Å². The minimum Gasteiger partial charge on any atom is -0.508 e. The molecule has 3 nitrogen and oxygen atoms in total. The summed E-state index contributed by atoms with van der Waals surface area (Å²) in [5.41, 5.74) is 2.62. The fourth-order valence-corrected chi connectivity index (χ4v) is 6.96. The first-order valence-corrected chi connectivity index (χ1v) is 10.0. The van der Waals surface area contributed by atoms with Gasteiger partial charge < -0.3 is 9.84 Å². The van der Waals surface area contributed by atoms with Crippen molar-refractivity contribution in [2.24, 2.45) is 17.3 Å². The molecule has 0 bridgehead atoms. The van der Waals surface area contributed by atoms with E-state index in [0.29, 0.717) is 23.5 Å². The van der Waals surface area contributed by atoms with E-state index in [1.54, 1.807) is 6.07 Å². The molecule has 1 aromatic rings. The summed E-state index contributed by atoms with van der Waals surface area (Å²) in [6, 6.07) is 5.78. The predicted molar refractivity (Wildman–Crippen MR) is 97.9 cm³/mol. The molecule has 2 saturated carbocycles. The van der Waals surface area contributed by atoms with Gasteiger partial charge in [0.15, 0.2) is 0 Å². The number of halogens is 1. The number of rotatable bonds is 2. The molecule has 1 N–H and O–H groups in total. The van der Waals surface area contributed by atoms with E-state index >= 15 is 0 Å². The zero-order valence-electron chi connectivity index (χ0n) is 15.0. The monoisotopic (exact) mass is 362 g/mol. The van der Waals surface area contributed by atoms with Crippen LogP contribution in [-0.4, -0.2) is 22.6 Å². The number of hydrogen-bond acceptors (Lipinski definition) is 3. The van der Waals surface area contributed by atoms with E-state index < -0.39 is 0 Å². The van der Waals surface area contributed by atoms with Crippen LogP contribution in [0.25, 0.3) is 0 Å². The average Bonchev–Trinajstić information content (AvgIpc) is 2.92. The third-order valence-electron chi connectivity index (χ3n) is 7.26. The summed E-state index contributed by atoms with van der Waals surface area (Å²) in [4.78, 5) is 11.6. The molecule has 0 aliphatic heterocycles. The lowest BCUT2D eigenvalue weighted by atomic mass is 9.54. The lowest BCUT2D eigenvalue weighted by Crippen LogP contribution is -2.50. The van der Waals surface area contributed by atoms with Gasteiger partial charge in [-0.3, -0.25) is 4.79 Å². The van der Waals surface area contributed by atoms with Crippen LogP contribution in [0.4, 0.5) is 0 Å². The maximum Gasteiger partial charge on any atom is 0.302 e. The van der Waals surface area contributed by atoms with Crippen LogP contribution in [0.1, 0.15) is 63.0 Å². The second-order valence-corrected chi connectivity index (χ2v) is 8.76. The summed E-state index contributed by atoms with van der Waals surface area (Å²) in [7, 11) is 0. The Morgan fingerprint density at radius 2 is 2.16 bits per heavy atom. The Labute approximate surface area is 154 Å². The lowest BCUT2D eigenvalue weighted by molar-refractivity contribution is -0.156. The number of aryl methyl sites for hydroxylation is 1. The number of ether oxygens (including phenoxy) is 1. The molecule has 2 fully saturated rings. The van der Waals surface area contributed by atoms with E-state index in [4.69, 9.17) is 16.3 Å². The van der Waals surface area contributed by atoms with Gasteiger partial charge >= 0.3 is 5.97 Å². The number of esters is 1. The fraction of sp³-hybridized carbons (Fsp3) is 0.667. The number of phenols is 1. The van der Waals surface area contributed by atoms with Crippen LogP contribution in [0, 0.1) is 17.3 Å². The summed E-state index contributed by atoms with van der Waals surface area (Å²) in [5, 5.41) is 9.87. The molecule has 0 amide bonds. The van der Waals surface area contributed by atoms with Gasteiger partial charge in [0.25, 0.3) is 0 Å². The Hall–Kier alpha value is -1.22. The highest BCUT2D eigenvalue weighted by Crippen LogP contribution is 2.64. The van der Waals surface area contributed by atoms with Crippen LogP contribution in [0.15, 0.2) is 18.2 Å². The van der Waals surface area contributed by atoms with Gasteiger partial charge in [0, 0.05) is 23.6 Å². The second-order valence-electron chi connectivity index (χ2n) is 8.20. The zero-order valence-corrected chi connectivity index (χ0v) is 15.8. The maximum absolute atomic E-state index is 11.6. The summed E-state index contributed by atoms with van der Waals surface area (Å²) < 4.78 is 5.76. The second kappa shape index (κ2) is 6.19. The first-order chi connectivity index (χ1) is 12.0. The summed E-state index contributed by atoms with van der Waals surface area (Å²) in [6.45, 7) is 3.75. The molecule has 4 heteroatoms. The van der Waals surface area contributed by atoms with Crippen molar-refractivity contribution in [2.45, 2.75) is 69.8 Å². The molecule has 4 rings (SSSR count). The van der Waals surface area contributed by atoms with Gasteiger partial charge in [-0.1, -0.05) is 13.0 Å². The molecule has 136 valence electrons. The Kier molecular flexibility index (Phi) is 4.26. The molecule has 0 saturated heterocycles. The Bertz CT molecular complexity index is 688. The largest absolute Gasteiger partial charge is 0.508 e. The average molecular weight is 363 g/mol. The Balaban J connectivity index is 1.71. The maximum atomic E-state index is 11.6. The Morgan fingerprint density at radius 3 is 2.88 bits per heavy atom. The van der Waals surface area contributed by atoms with Crippen molar-refractivity contribution in [3.8, 4) is 5.75 Å². The predicted octanol–water partition coefficient (Wildman–Crippen LogP) is 4.79. The standard InChI is InChI=1S/C21H27ClO3/c1-3-21-11-18(22)20-15-7-5-14(24)10-13(15)4-6-16(20)17(21)8-9-19(21)25-12(2)23/h5,7,10,16-20,24H,3-4,6,8-9,11H2,1-2H3/t16-,17-,18?,19-,20+,21-/m0/s1. The fourth-order valence-electron chi connectivity index (χ4n) is 6.35. The van der Waals surface area contributed by atoms with E-state index in [9.17, 15) is 9.90 Å². The van der Waals surface area contributed by atoms with E-state index in [1.807, 2.05) is 6.07 Å².